The first kappa shape index (κ1) is 15.8. The molecule has 1 heterocycles. The molecule has 0 bridgehead atoms. The van der Waals surface area contributed by atoms with E-state index in [0.717, 1.165) is 32.1 Å². The predicted octanol–water partition coefficient (Wildman–Crippen LogP) is 1.29. The van der Waals surface area contributed by atoms with Crippen molar-refractivity contribution in [3.05, 3.63) is 0 Å². The first-order valence-corrected chi connectivity index (χ1v) is 9.30. The molecule has 2 aliphatic rings. The van der Waals surface area contributed by atoms with Gasteiger partial charge in [0.15, 0.2) is 9.84 Å². The largest absolute Gasteiger partial charge is 0.324 e. The third-order valence-corrected chi connectivity index (χ3v) is 7.02. The van der Waals surface area contributed by atoms with Crippen LogP contribution in [0.15, 0.2) is 0 Å². The minimum Gasteiger partial charge on any atom is -0.324 e. The highest BCUT2D eigenvalue weighted by molar-refractivity contribution is 7.92. The molecule has 0 aromatic rings. The van der Waals surface area contributed by atoms with E-state index < -0.39 is 20.1 Å². The van der Waals surface area contributed by atoms with Gasteiger partial charge in [0.2, 0.25) is 5.91 Å². The van der Waals surface area contributed by atoms with Crippen LogP contribution in [-0.4, -0.2) is 48.5 Å². The van der Waals surface area contributed by atoms with Crippen molar-refractivity contribution in [2.45, 2.75) is 69.3 Å². The molecule has 20 heavy (non-hydrogen) atoms. The van der Waals surface area contributed by atoms with Crippen LogP contribution in [0.1, 0.15) is 52.9 Å². The molecular formula is C14H26N2O3S. The Labute approximate surface area is 122 Å². The molecular weight excluding hydrogens is 276 g/mol. The Balaban J connectivity index is 2.24. The molecule has 1 unspecified atom stereocenters. The molecule has 2 rings (SSSR count). The third-order valence-electron chi connectivity index (χ3n) is 4.89. The summed E-state index contributed by atoms with van der Waals surface area (Å²) in [4.78, 5) is 14.5. The average Bonchev–Trinajstić information content (AvgIpc) is 2.89. The summed E-state index contributed by atoms with van der Waals surface area (Å²) in [6.07, 6.45) is 5.88. The summed E-state index contributed by atoms with van der Waals surface area (Å²) in [5.74, 6) is 0.0959. The van der Waals surface area contributed by atoms with Crippen LogP contribution in [0.5, 0.6) is 0 Å². The van der Waals surface area contributed by atoms with Gasteiger partial charge < -0.3 is 4.90 Å². The summed E-state index contributed by atoms with van der Waals surface area (Å²) in [5.41, 5.74) is -0.422. The van der Waals surface area contributed by atoms with Crippen molar-refractivity contribution >= 4 is 15.7 Å². The van der Waals surface area contributed by atoms with E-state index in [1.165, 1.54) is 6.26 Å². The highest BCUT2D eigenvalue weighted by Crippen LogP contribution is 2.37. The zero-order valence-corrected chi connectivity index (χ0v) is 13.7. The van der Waals surface area contributed by atoms with Crippen molar-refractivity contribution in [1.29, 1.82) is 0 Å². The highest BCUT2D eigenvalue weighted by Gasteiger charge is 2.53. The van der Waals surface area contributed by atoms with Crippen molar-refractivity contribution in [2.24, 2.45) is 0 Å². The third kappa shape index (κ3) is 2.48. The quantitative estimate of drug-likeness (QED) is 0.850. The highest BCUT2D eigenvalue weighted by atomic mass is 32.2. The van der Waals surface area contributed by atoms with Crippen molar-refractivity contribution in [3.63, 3.8) is 0 Å². The Morgan fingerprint density at radius 1 is 1.35 bits per heavy atom. The van der Waals surface area contributed by atoms with Crippen molar-refractivity contribution in [2.75, 3.05) is 12.8 Å². The molecule has 1 N–H and O–H groups in total. The second-order valence-corrected chi connectivity index (χ2v) is 9.47. The minimum absolute atomic E-state index is 0.0402. The maximum absolute atomic E-state index is 12.8. The molecule has 1 aliphatic carbocycles. The van der Waals surface area contributed by atoms with Gasteiger partial charge in [0, 0.05) is 12.8 Å². The van der Waals surface area contributed by atoms with Crippen molar-refractivity contribution in [1.82, 2.24) is 10.2 Å². The molecule has 0 radical (unpaired) electrons. The average molecular weight is 302 g/mol. The summed E-state index contributed by atoms with van der Waals surface area (Å²) < 4.78 is 22.9. The van der Waals surface area contributed by atoms with Crippen LogP contribution in [0.4, 0.5) is 0 Å². The maximum Gasteiger partial charge on any atom is 0.244 e. The Morgan fingerprint density at radius 2 is 1.90 bits per heavy atom. The molecule has 5 nitrogen and oxygen atoms in total. The molecule has 116 valence electrons. The van der Waals surface area contributed by atoms with Gasteiger partial charge in [-0.2, -0.15) is 0 Å². The lowest BCUT2D eigenvalue weighted by molar-refractivity contribution is -0.133. The summed E-state index contributed by atoms with van der Waals surface area (Å²) in [6.45, 7) is 5.68. The van der Waals surface area contributed by atoms with Gasteiger partial charge in [-0.3, -0.25) is 10.1 Å². The van der Waals surface area contributed by atoms with E-state index in [4.69, 9.17) is 0 Å². The summed E-state index contributed by atoms with van der Waals surface area (Å²) in [5, 5.41) is 3.47. The van der Waals surface area contributed by atoms with Crippen LogP contribution in [0.2, 0.25) is 0 Å². The first-order valence-electron chi connectivity index (χ1n) is 7.41. The number of hydrogen-bond donors (Lipinski definition) is 1. The van der Waals surface area contributed by atoms with E-state index in [2.05, 4.69) is 5.32 Å². The minimum atomic E-state index is -3.20. The van der Waals surface area contributed by atoms with Crippen LogP contribution in [0, 0.1) is 0 Å². The van der Waals surface area contributed by atoms with E-state index in [1.807, 2.05) is 6.92 Å². The smallest absolute Gasteiger partial charge is 0.244 e. The Kier molecular flexibility index (Phi) is 3.93. The van der Waals surface area contributed by atoms with Gasteiger partial charge in [-0.1, -0.05) is 19.8 Å². The van der Waals surface area contributed by atoms with Crippen molar-refractivity contribution < 1.29 is 13.2 Å². The summed E-state index contributed by atoms with van der Waals surface area (Å²) in [7, 11) is -3.20. The topological polar surface area (TPSA) is 66.5 Å². The van der Waals surface area contributed by atoms with Crippen LogP contribution >= 0.6 is 0 Å². The molecule has 0 aromatic carbocycles. The fourth-order valence-corrected chi connectivity index (χ4v) is 3.62. The second-order valence-electron chi connectivity index (χ2n) is 6.82. The van der Waals surface area contributed by atoms with E-state index in [1.54, 1.807) is 18.7 Å². The molecule has 1 aliphatic heterocycles. The molecule has 1 atom stereocenters. The standard InChI is InChI=1S/C14H26N2O3S/c1-5-11-15-14(8-6-7-9-14)12(17)16(11)10-13(2,3)20(4,18)19/h11,15H,5-10H2,1-4H3. The SMILES string of the molecule is CCC1NC2(CCCC2)C(=O)N1CC(C)(C)S(C)(=O)=O. The summed E-state index contributed by atoms with van der Waals surface area (Å²) >= 11 is 0. The van der Waals surface area contributed by atoms with Gasteiger partial charge in [-0.05, 0) is 33.1 Å². The number of hydrogen-bond acceptors (Lipinski definition) is 4. The fraction of sp³-hybridized carbons (Fsp3) is 0.929. The van der Waals surface area contributed by atoms with E-state index in [0.29, 0.717) is 0 Å². The number of amides is 1. The number of carbonyl (C=O) groups is 1. The van der Waals surface area contributed by atoms with E-state index >= 15 is 0 Å². The number of nitrogens with zero attached hydrogens (tertiary/aromatic N) is 1. The van der Waals surface area contributed by atoms with Crippen LogP contribution in [0.25, 0.3) is 0 Å². The van der Waals surface area contributed by atoms with Gasteiger partial charge in [-0.15, -0.1) is 0 Å². The fourth-order valence-electron chi connectivity index (χ4n) is 3.24. The molecule has 2 fully saturated rings. The molecule has 6 heteroatoms. The van der Waals surface area contributed by atoms with Gasteiger partial charge in [-0.25, -0.2) is 8.42 Å². The first-order chi connectivity index (χ1) is 9.13. The molecule has 1 saturated heterocycles. The lowest BCUT2D eigenvalue weighted by Crippen LogP contribution is -2.49. The van der Waals surface area contributed by atoms with Gasteiger partial charge in [0.1, 0.15) is 0 Å². The number of rotatable bonds is 4. The van der Waals surface area contributed by atoms with Crippen LogP contribution < -0.4 is 5.32 Å². The number of nitrogens with one attached hydrogen (secondary N) is 1. The number of carbonyl (C=O) groups excluding carboxylic acids is 1. The predicted molar refractivity (Wildman–Crippen MR) is 79.0 cm³/mol. The van der Waals surface area contributed by atoms with Gasteiger partial charge in [0.05, 0.1) is 16.5 Å². The molecule has 0 aromatic heterocycles. The van der Waals surface area contributed by atoms with E-state index in [-0.39, 0.29) is 18.6 Å². The molecule has 1 spiro atoms. The Bertz CT molecular complexity index is 493. The van der Waals surface area contributed by atoms with Crippen LogP contribution in [0.3, 0.4) is 0 Å². The monoisotopic (exact) mass is 302 g/mol. The molecule has 1 amide bonds. The zero-order chi connectivity index (χ0) is 15.2. The Hall–Kier alpha value is -0.620. The molecule has 1 saturated carbocycles. The van der Waals surface area contributed by atoms with E-state index in [9.17, 15) is 13.2 Å². The summed E-state index contributed by atoms with van der Waals surface area (Å²) in [6, 6.07) is 0. The zero-order valence-electron chi connectivity index (χ0n) is 12.9. The second kappa shape index (κ2) is 4.98. The lowest BCUT2D eigenvalue weighted by Gasteiger charge is -2.32. The maximum atomic E-state index is 12.8. The Morgan fingerprint density at radius 3 is 2.35 bits per heavy atom. The van der Waals surface area contributed by atoms with Crippen LogP contribution in [-0.2, 0) is 14.6 Å². The normalized spacial score (nSPS) is 26.7. The van der Waals surface area contributed by atoms with Crippen molar-refractivity contribution in [3.8, 4) is 0 Å². The van der Waals surface area contributed by atoms with Gasteiger partial charge in [0.25, 0.3) is 0 Å². The lowest BCUT2D eigenvalue weighted by atomic mass is 9.98. The number of sulfone groups is 1. The van der Waals surface area contributed by atoms with Gasteiger partial charge >= 0.3 is 0 Å².